The molecular formula is C13H19Cl2N3. The van der Waals surface area contributed by atoms with E-state index in [1.165, 1.54) is 0 Å². The van der Waals surface area contributed by atoms with Crippen LogP contribution < -0.4 is 5.73 Å². The Bertz CT molecular complexity index is 489. The summed E-state index contributed by atoms with van der Waals surface area (Å²) in [5.41, 5.74) is 10.2. The number of aromatic nitrogens is 2. The van der Waals surface area contributed by atoms with Crippen LogP contribution in [0.4, 0.5) is 0 Å². The van der Waals surface area contributed by atoms with Crippen LogP contribution in [0.25, 0.3) is 5.69 Å². The lowest BCUT2D eigenvalue weighted by molar-refractivity contribution is 0.808. The van der Waals surface area contributed by atoms with Crippen LogP contribution in [0, 0.1) is 13.8 Å². The van der Waals surface area contributed by atoms with Gasteiger partial charge < -0.3 is 5.73 Å². The standard InChI is InChI=1S/C13H17N3.2ClH/c1-9-8-10(2)16(15-9)13-6-4-12(5-7-13)11(3)14;;/h4-8,11H,14H2,1-3H3;2*1H. The fraction of sp³-hybridized carbons (Fsp3) is 0.308. The first-order valence-electron chi connectivity index (χ1n) is 5.47. The minimum absolute atomic E-state index is 0. The topological polar surface area (TPSA) is 43.8 Å². The lowest BCUT2D eigenvalue weighted by Gasteiger charge is -2.08. The number of hydrogen-bond donors (Lipinski definition) is 1. The Hall–Kier alpha value is -1.03. The molecule has 0 saturated heterocycles. The van der Waals surface area contributed by atoms with Crippen molar-refractivity contribution >= 4 is 24.8 Å². The van der Waals surface area contributed by atoms with E-state index in [0.29, 0.717) is 0 Å². The van der Waals surface area contributed by atoms with Crippen molar-refractivity contribution in [3.63, 3.8) is 0 Å². The molecule has 0 spiro atoms. The fourth-order valence-corrected chi connectivity index (χ4v) is 1.81. The first kappa shape index (κ1) is 17.0. The van der Waals surface area contributed by atoms with Crippen molar-refractivity contribution in [3.8, 4) is 5.69 Å². The maximum absolute atomic E-state index is 5.81. The molecule has 2 aromatic rings. The Morgan fingerprint density at radius 3 is 2.06 bits per heavy atom. The number of rotatable bonds is 2. The lowest BCUT2D eigenvalue weighted by atomic mass is 10.1. The third-order valence-corrected chi connectivity index (χ3v) is 2.67. The molecule has 5 heteroatoms. The zero-order chi connectivity index (χ0) is 11.7. The Balaban J connectivity index is 0.00000144. The maximum Gasteiger partial charge on any atom is 0.0648 e. The summed E-state index contributed by atoms with van der Waals surface area (Å²) < 4.78 is 1.94. The molecule has 1 aromatic carbocycles. The van der Waals surface area contributed by atoms with Crippen molar-refractivity contribution in [1.82, 2.24) is 9.78 Å². The largest absolute Gasteiger partial charge is 0.324 e. The number of benzene rings is 1. The average Bonchev–Trinajstić information content (AvgIpc) is 2.58. The molecule has 0 saturated carbocycles. The van der Waals surface area contributed by atoms with Crippen molar-refractivity contribution < 1.29 is 0 Å². The SMILES string of the molecule is Cc1cc(C)n(-c2ccc(C(C)N)cc2)n1.Cl.Cl. The van der Waals surface area contributed by atoms with Gasteiger partial charge in [-0.2, -0.15) is 5.10 Å². The number of aryl methyl sites for hydroxylation is 2. The predicted octanol–water partition coefficient (Wildman–Crippen LogP) is 3.35. The fourth-order valence-electron chi connectivity index (χ4n) is 1.81. The molecule has 2 rings (SSSR count). The second-order valence-corrected chi connectivity index (χ2v) is 4.22. The van der Waals surface area contributed by atoms with Gasteiger partial charge in [-0.05, 0) is 44.5 Å². The second-order valence-electron chi connectivity index (χ2n) is 4.22. The van der Waals surface area contributed by atoms with Gasteiger partial charge >= 0.3 is 0 Å². The van der Waals surface area contributed by atoms with Crippen molar-refractivity contribution in [2.45, 2.75) is 26.8 Å². The minimum Gasteiger partial charge on any atom is -0.324 e. The van der Waals surface area contributed by atoms with E-state index < -0.39 is 0 Å². The van der Waals surface area contributed by atoms with Gasteiger partial charge in [0.25, 0.3) is 0 Å². The number of halogens is 2. The molecule has 1 unspecified atom stereocenters. The molecule has 3 nitrogen and oxygen atoms in total. The Kier molecular flexibility index (Phi) is 6.39. The van der Waals surface area contributed by atoms with Gasteiger partial charge in [0.1, 0.15) is 0 Å². The molecule has 1 aromatic heterocycles. The van der Waals surface area contributed by atoms with Crippen molar-refractivity contribution in [3.05, 3.63) is 47.3 Å². The van der Waals surface area contributed by atoms with Crippen LogP contribution >= 0.6 is 24.8 Å². The van der Waals surface area contributed by atoms with E-state index in [4.69, 9.17) is 5.73 Å². The molecule has 1 heterocycles. The third kappa shape index (κ3) is 3.48. The molecule has 0 aliphatic heterocycles. The summed E-state index contributed by atoms with van der Waals surface area (Å²) in [6, 6.07) is 10.4. The molecular weight excluding hydrogens is 269 g/mol. The molecule has 100 valence electrons. The zero-order valence-electron chi connectivity index (χ0n) is 10.8. The summed E-state index contributed by atoms with van der Waals surface area (Å²) in [6.45, 7) is 6.04. The van der Waals surface area contributed by atoms with Crippen LogP contribution in [0.1, 0.15) is 29.9 Å². The normalized spacial score (nSPS) is 11.3. The molecule has 0 aliphatic rings. The number of hydrogen-bond acceptors (Lipinski definition) is 2. The summed E-state index contributed by atoms with van der Waals surface area (Å²) in [4.78, 5) is 0. The monoisotopic (exact) mass is 287 g/mol. The summed E-state index contributed by atoms with van der Waals surface area (Å²) >= 11 is 0. The molecule has 1 atom stereocenters. The molecule has 0 aliphatic carbocycles. The highest BCUT2D eigenvalue weighted by Gasteiger charge is 2.04. The molecule has 2 N–H and O–H groups in total. The highest BCUT2D eigenvalue weighted by atomic mass is 35.5. The first-order valence-corrected chi connectivity index (χ1v) is 5.47. The Labute approximate surface area is 120 Å². The van der Waals surface area contributed by atoms with Crippen LogP contribution in [-0.4, -0.2) is 9.78 Å². The zero-order valence-corrected chi connectivity index (χ0v) is 12.4. The van der Waals surface area contributed by atoms with Crippen LogP contribution in [-0.2, 0) is 0 Å². The van der Waals surface area contributed by atoms with E-state index in [1.807, 2.05) is 18.5 Å². The molecule has 0 amide bonds. The highest BCUT2D eigenvalue weighted by Crippen LogP contribution is 2.15. The molecule has 0 radical (unpaired) electrons. The molecule has 0 bridgehead atoms. The quantitative estimate of drug-likeness (QED) is 0.921. The van der Waals surface area contributed by atoms with E-state index in [1.54, 1.807) is 0 Å². The van der Waals surface area contributed by atoms with Gasteiger partial charge in [-0.25, -0.2) is 4.68 Å². The van der Waals surface area contributed by atoms with E-state index in [2.05, 4.69) is 42.4 Å². The van der Waals surface area contributed by atoms with Gasteiger partial charge in [0, 0.05) is 11.7 Å². The lowest BCUT2D eigenvalue weighted by Crippen LogP contribution is -2.05. The van der Waals surface area contributed by atoms with Gasteiger partial charge in [-0.1, -0.05) is 12.1 Å². The summed E-state index contributed by atoms with van der Waals surface area (Å²) in [5, 5.41) is 4.44. The number of nitrogens with zero attached hydrogens (tertiary/aromatic N) is 2. The Morgan fingerprint density at radius 2 is 1.67 bits per heavy atom. The summed E-state index contributed by atoms with van der Waals surface area (Å²) in [7, 11) is 0. The van der Waals surface area contributed by atoms with Gasteiger partial charge in [-0.3, -0.25) is 0 Å². The smallest absolute Gasteiger partial charge is 0.0648 e. The third-order valence-electron chi connectivity index (χ3n) is 2.67. The first-order chi connectivity index (χ1) is 7.58. The molecule has 0 fully saturated rings. The van der Waals surface area contributed by atoms with Crippen molar-refractivity contribution in [2.75, 3.05) is 0 Å². The van der Waals surface area contributed by atoms with Crippen molar-refractivity contribution in [1.29, 1.82) is 0 Å². The van der Waals surface area contributed by atoms with E-state index >= 15 is 0 Å². The van der Waals surface area contributed by atoms with Crippen LogP contribution in [0.5, 0.6) is 0 Å². The van der Waals surface area contributed by atoms with Crippen molar-refractivity contribution in [2.24, 2.45) is 5.73 Å². The highest BCUT2D eigenvalue weighted by molar-refractivity contribution is 5.85. The Morgan fingerprint density at radius 1 is 1.11 bits per heavy atom. The van der Waals surface area contributed by atoms with Gasteiger partial charge in [0.2, 0.25) is 0 Å². The van der Waals surface area contributed by atoms with Crippen LogP contribution in [0.15, 0.2) is 30.3 Å². The second kappa shape index (κ2) is 6.78. The van der Waals surface area contributed by atoms with Gasteiger partial charge in [0.15, 0.2) is 0 Å². The van der Waals surface area contributed by atoms with Gasteiger partial charge in [0.05, 0.1) is 11.4 Å². The molecule has 18 heavy (non-hydrogen) atoms. The average molecular weight is 288 g/mol. The summed E-state index contributed by atoms with van der Waals surface area (Å²) in [5.74, 6) is 0. The van der Waals surface area contributed by atoms with Crippen LogP contribution in [0.3, 0.4) is 0 Å². The van der Waals surface area contributed by atoms with Gasteiger partial charge in [-0.15, -0.1) is 24.8 Å². The maximum atomic E-state index is 5.81. The van der Waals surface area contributed by atoms with E-state index in [9.17, 15) is 0 Å². The predicted molar refractivity (Wildman–Crippen MR) is 80.1 cm³/mol. The minimum atomic E-state index is 0. The van der Waals surface area contributed by atoms with E-state index in [0.717, 1.165) is 22.6 Å². The van der Waals surface area contributed by atoms with Crippen LogP contribution in [0.2, 0.25) is 0 Å². The van der Waals surface area contributed by atoms with E-state index in [-0.39, 0.29) is 30.9 Å². The number of nitrogens with two attached hydrogens (primary N) is 1. The summed E-state index contributed by atoms with van der Waals surface area (Å²) in [6.07, 6.45) is 0.